The van der Waals surface area contributed by atoms with Gasteiger partial charge < -0.3 is 14.8 Å². The van der Waals surface area contributed by atoms with Gasteiger partial charge in [-0.2, -0.15) is 0 Å². The maximum absolute atomic E-state index is 11.7. The Labute approximate surface area is 96.5 Å². The van der Waals surface area contributed by atoms with Crippen molar-refractivity contribution in [1.29, 1.82) is 0 Å². The van der Waals surface area contributed by atoms with E-state index in [4.69, 9.17) is 9.47 Å². The van der Waals surface area contributed by atoms with E-state index in [1.54, 1.807) is 13.1 Å². The zero-order chi connectivity index (χ0) is 12.4. The molecule has 0 saturated heterocycles. The first-order valence-electron chi connectivity index (χ1n) is 4.88. The van der Waals surface area contributed by atoms with E-state index in [0.717, 1.165) is 0 Å². The van der Waals surface area contributed by atoms with Gasteiger partial charge in [0.1, 0.15) is 0 Å². The van der Waals surface area contributed by atoms with E-state index < -0.39 is 17.3 Å². The molecule has 0 spiro atoms. The lowest BCUT2D eigenvalue weighted by Crippen LogP contribution is -2.15. The predicted octanol–water partition coefficient (Wildman–Crippen LogP) is 0.916. The van der Waals surface area contributed by atoms with Crippen LogP contribution in [-0.4, -0.2) is 31.1 Å². The number of Topliss-reactive ketones (excluding diaryl/α,β-unsaturated/α-hetero) is 1. The fourth-order valence-electron chi connectivity index (χ4n) is 1.58. The summed E-state index contributed by atoms with van der Waals surface area (Å²) in [6.07, 6.45) is 0. The number of anilines is 1. The van der Waals surface area contributed by atoms with Crippen molar-refractivity contribution in [2.75, 3.05) is 25.7 Å². The number of hydrogen-bond acceptors (Lipinski definition) is 6. The largest absolute Gasteiger partial charge is 0.454 e. The molecule has 1 aliphatic heterocycles. The fraction of sp³-hybridized carbons (Fsp3) is 0.300. The molecule has 1 heterocycles. The van der Waals surface area contributed by atoms with Crippen LogP contribution in [0.5, 0.6) is 11.5 Å². The van der Waals surface area contributed by atoms with Gasteiger partial charge in [-0.1, -0.05) is 0 Å². The highest BCUT2D eigenvalue weighted by Gasteiger charge is 2.22. The van der Waals surface area contributed by atoms with Crippen LogP contribution in [0.1, 0.15) is 10.4 Å². The lowest BCUT2D eigenvalue weighted by atomic mass is 10.1. The highest BCUT2D eigenvalue weighted by molar-refractivity contribution is 6.02. The molecule has 1 aromatic rings. The van der Waals surface area contributed by atoms with Crippen molar-refractivity contribution in [3.05, 3.63) is 27.8 Å². The normalized spacial score (nSPS) is 12.3. The van der Waals surface area contributed by atoms with E-state index in [-0.39, 0.29) is 12.4 Å². The quantitative estimate of drug-likeness (QED) is 0.476. The van der Waals surface area contributed by atoms with Crippen LogP contribution >= 0.6 is 0 Å². The Morgan fingerprint density at radius 1 is 1.47 bits per heavy atom. The third-order valence-electron chi connectivity index (χ3n) is 2.36. The Morgan fingerprint density at radius 2 is 2.12 bits per heavy atom. The van der Waals surface area contributed by atoms with Crippen LogP contribution in [0.25, 0.3) is 0 Å². The number of hydrogen-bond donors (Lipinski definition) is 1. The molecule has 0 aliphatic carbocycles. The van der Waals surface area contributed by atoms with Crippen LogP contribution in [0.3, 0.4) is 0 Å². The average molecular weight is 238 g/mol. The summed E-state index contributed by atoms with van der Waals surface area (Å²) in [7, 11) is 1.63. The monoisotopic (exact) mass is 238 g/mol. The molecule has 0 saturated carbocycles. The molecule has 1 aromatic carbocycles. The number of nitrogens with one attached hydrogen (secondary N) is 1. The lowest BCUT2D eigenvalue weighted by Gasteiger charge is -2.07. The molecule has 17 heavy (non-hydrogen) atoms. The van der Waals surface area contributed by atoms with Gasteiger partial charge in [0.2, 0.25) is 12.6 Å². The van der Waals surface area contributed by atoms with E-state index >= 15 is 0 Å². The molecule has 0 unspecified atom stereocenters. The highest BCUT2D eigenvalue weighted by Crippen LogP contribution is 2.37. The summed E-state index contributed by atoms with van der Waals surface area (Å²) in [5.74, 6) is 0.375. The number of rotatable bonds is 4. The number of ether oxygens (including phenoxy) is 2. The smallest absolute Gasteiger partial charge is 0.265 e. The molecule has 0 radical (unpaired) electrons. The second kappa shape index (κ2) is 4.28. The van der Waals surface area contributed by atoms with Gasteiger partial charge in [-0.25, -0.2) is 0 Å². The van der Waals surface area contributed by atoms with Crippen molar-refractivity contribution < 1.29 is 19.2 Å². The molecule has 0 atom stereocenters. The third kappa shape index (κ3) is 2.12. The first-order valence-corrected chi connectivity index (χ1v) is 4.88. The number of ketones is 1. The van der Waals surface area contributed by atoms with E-state index in [0.29, 0.717) is 17.2 Å². The number of fused-ring (bicyclic) bond motifs is 1. The fourth-order valence-corrected chi connectivity index (χ4v) is 1.58. The Bertz CT molecular complexity index is 486. The molecule has 0 amide bonds. The Balaban J connectivity index is 2.38. The second-order valence-corrected chi connectivity index (χ2v) is 3.42. The van der Waals surface area contributed by atoms with Crippen LogP contribution in [0.4, 0.5) is 5.69 Å². The van der Waals surface area contributed by atoms with Gasteiger partial charge in [0, 0.05) is 23.7 Å². The highest BCUT2D eigenvalue weighted by atomic mass is 16.7. The van der Waals surface area contributed by atoms with Crippen LogP contribution in [0.2, 0.25) is 0 Å². The van der Waals surface area contributed by atoms with Crippen molar-refractivity contribution in [3.63, 3.8) is 0 Å². The lowest BCUT2D eigenvalue weighted by molar-refractivity contribution is -0.465. The molecule has 0 fully saturated rings. The standard InChI is InChI=1S/C10H10N2O5/c1-11-7-3-10-9(16-5-17-10)2-6(7)8(13)4-12(14)15/h2-3,11H,4-5H2,1H3. The summed E-state index contributed by atoms with van der Waals surface area (Å²) >= 11 is 0. The van der Waals surface area contributed by atoms with E-state index in [2.05, 4.69) is 5.32 Å². The van der Waals surface area contributed by atoms with Crippen molar-refractivity contribution in [2.24, 2.45) is 0 Å². The predicted molar refractivity (Wildman–Crippen MR) is 58.3 cm³/mol. The zero-order valence-corrected chi connectivity index (χ0v) is 9.06. The minimum Gasteiger partial charge on any atom is -0.454 e. The van der Waals surface area contributed by atoms with Crippen LogP contribution in [0.15, 0.2) is 12.1 Å². The van der Waals surface area contributed by atoms with Crippen molar-refractivity contribution in [1.82, 2.24) is 0 Å². The second-order valence-electron chi connectivity index (χ2n) is 3.42. The van der Waals surface area contributed by atoms with Gasteiger partial charge in [-0.05, 0) is 6.07 Å². The molecular formula is C10H10N2O5. The molecule has 90 valence electrons. The number of nitro groups is 1. The average Bonchev–Trinajstić information content (AvgIpc) is 2.73. The van der Waals surface area contributed by atoms with Gasteiger partial charge in [0.15, 0.2) is 11.5 Å². The van der Waals surface area contributed by atoms with Gasteiger partial charge in [-0.3, -0.25) is 14.9 Å². The summed E-state index contributed by atoms with van der Waals surface area (Å²) in [6.45, 7) is -0.653. The van der Waals surface area contributed by atoms with Crippen LogP contribution in [0, 0.1) is 10.1 Å². The van der Waals surface area contributed by atoms with Crippen molar-refractivity contribution in [3.8, 4) is 11.5 Å². The summed E-state index contributed by atoms with van der Waals surface area (Å²) in [4.78, 5) is 21.3. The minimum atomic E-state index is -0.742. The number of carbonyl (C=O) groups excluding carboxylic acids is 1. The molecule has 7 nitrogen and oxygen atoms in total. The number of benzene rings is 1. The maximum atomic E-state index is 11.7. The Hall–Kier alpha value is -2.31. The molecule has 7 heteroatoms. The minimum absolute atomic E-state index is 0.0887. The van der Waals surface area contributed by atoms with E-state index in [9.17, 15) is 14.9 Å². The topological polar surface area (TPSA) is 90.7 Å². The molecular weight excluding hydrogens is 228 g/mol. The van der Waals surface area contributed by atoms with Crippen LogP contribution in [-0.2, 0) is 0 Å². The summed E-state index contributed by atoms with van der Waals surface area (Å²) in [6, 6.07) is 3.05. The number of carbonyl (C=O) groups is 1. The van der Waals surface area contributed by atoms with Crippen LogP contribution < -0.4 is 14.8 Å². The van der Waals surface area contributed by atoms with Gasteiger partial charge in [0.05, 0.1) is 5.56 Å². The molecule has 0 aromatic heterocycles. The van der Waals surface area contributed by atoms with E-state index in [1.165, 1.54) is 6.07 Å². The SMILES string of the molecule is CNc1cc2c(cc1C(=O)C[N+](=O)[O-])OCO2. The summed E-state index contributed by atoms with van der Waals surface area (Å²) in [5, 5.41) is 13.1. The summed E-state index contributed by atoms with van der Waals surface area (Å²) in [5.41, 5.74) is 0.717. The molecule has 1 aliphatic rings. The zero-order valence-electron chi connectivity index (χ0n) is 9.06. The van der Waals surface area contributed by atoms with Gasteiger partial charge in [0.25, 0.3) is 6.54 Å². The summed E-state index contributed by atoms with van der Waals surface area (Å²) < 4.78 is 10.3. The van der Waals surface area contributed by atoms with Gasteiger partial charge in [-0.15, -0.1) is 0 Å². The first kappa shape index (κ1) is 11.2. The van der Waals surface area contributed by atoms with Gasteiger partial charge >= 0.3 is 0 Å². The van der Waals surface area contributed by atoms with Crippen molar-refractivity contribution in [2.45, 2.75) is 0 Å². The first-order chi connectivity index (χ1) is 8.11. The Morgan fingerprint density at radius 3 is 2.71 bits per heavy atom. The van der Waals surface area contributed by atoms with Crippen molar-refractivity contribution >= 4 is 11.5 Å². The maximum Gasteiger partial charge on any atom is 0.265 e. The molecule has 2 rings (SSSR count). The van der Waals surface area contributed by atoms with E-state index in [1.807, 2.05) is 0 Å². The third-order valence-corrected chi connectivity index (χ3v) is 2.36. The Kier molecular flexibility index (Phi) is 2.82. The molecule has 0 bridgehead atoms. The number of nitrogens with zero attached hydrogens (tertiary/aromatic N) is 1. The molecule has 1 N–H and O–H groups in total.